The summed E-state index contributed by atoms with van der Waals surface area (Å²) < 4.78 is 5.19. The minimum Gasteiger partial charge on any atom is -0.456 e. The van der Waals surface area contributed by atoms with Gasteiger partial charge in [0.1, 0.15) is 6.04 Å². The first-order valence-electron chi connectivity index (χ1n) is 8.86. The number of carbonyl (C=O) groups is 2. The van der Waals surface area contributed by atoms with Crippen molar-refractivity contribution in [3.05, 3.63) is 35.7 Å². The normalized spacial score (nSPS) is 12.2. The number of esters is 1. The van der Waals surface area contributed by atoms with E-state index < -0.39 is 17.4 Å². The summed E-state index contributed by atoms with van der Waals surface area (Å²) in [6, 6.07) is 6.87. The first-order chi connectivity index (χ1) is 13.0. The Morgan fingerprint density at radius 1 is 1.14 bits per heavy atom. The Morgan fingerprint density at radius 2 is 1.79 bits per heavy atom. The smallest absolute Gasteiger partial charge is 0.328 e. The molecule has 0 bridgehead atoms. The van der Waals surface area contributed by atoms with Crippen LogP contribution in [-0.4, -0.2) is 32.9 Å². The van der Waals surface area contributed by atoms with E-state index in [1.807, 2.05) is 31.2 Å². The van der Waals surface area contributed by atoms with Crippen LogP contribution >= 0.6 is 0 Å². The van der Waals surface area contributed by atoms with Crippen LogP contribution in [0.2, 0.25) is 0 Å². The van der Waals surface area contributed by atoms with Crippen molar-refractivity contribution in [2.45, 2.75) is 47.3 Å². The Balaban J connectivity index is 1.98. The van der Waals surface area contributed by atoms with E-state index in [4.69, 9.17) is 10.5 Å². The molecule has 0 aliphatic carbocycles. The van der Waals surface area contributed by atoms with Crippen molar-refractivity contribution in [1.29, 1.82) is 0 Å². The predicted octanol–water partition coefficient (Wildman–Crippen LogP) is 2.10. The van der Waals surface area contributed by atoms with Gasteiger partial charge in [-0.15, -0.1) is 0 Å². The molecule has 1 amide bonds. The zero-order valence-corrected chi connectivity index (χ0v) is 16.7. The monoisotopic (exact) mass is 386 g/mol. The van der Waals surface area contributed by atoms with Gasteiger partial charge in [-0.3, -0.25) is 4.79 Å². The lowest BCUT2D eigenvalue weighted by Gasteiger charge is -2.20. The van der Waals surface area contributed by atoms with Gasteiger partial charge in [-0.1, -0.05) is 38.5 Å². The number of hydrogen-bond donors (Lipinski definition) is 3. The third-order valence-electron chi connectivity index (χ3n) is 3.73. The predicted molar refractivity (Wildman–Crippen MR) is 106 cm³/mol. The van der Waals surface area contributed by atoms with Crippen molar-refractivity contribution in [2.75, 3.05) is 11.1 Å². The average Bonchev–Trinajstić information content (AvgIpc) is 2.60. The number of nitrogen functional groups attached to an aromatic ring is 1. The Hall–Kier alpha value is -3.23. The number of aryl methyl sites for hydroxylation is 1. The third kappa shape index (κ3) is 6.19. The van der Waals surface area contributed by atoms with Gasteiger partial charge in [0, 0.05) is 11.1 Å². The topological polar surface area (TPSA) is 132 Å². The molecule has 0 saturated heterocycles. The molecule has 9 heteroatoms. The van der Waals surface area contributed by atoms with Crippen LogP contribution in [0.5, 0.6) is 0 Å². The summed E-state index contributed by atoms with van der Waals surface area (Å²) in [7, 11) is 0. The number of anilines is 3. The van der Waals surface area contributed by atoms with Gasteiger partial charge < -0.3 is 21.1 Å². The van der Waals surface area contributed by atoms with Crippen LogP contribution in [0.3, 0.4) is 0 Å². The molecular weight excluding hydrogens is 360 g/mol. The van der Waals surface area contributed by atoms with Gasteiger partial charge >= 0.3 is 5.97 Å². The maximum atomic E-state index is 12.1. The maximum Gasteiger partial charge on any atom is 0.328 e. The molecule has 0 spiro atoms. The summed E-state index contributed by atoms with van der Waals surface area (Å²) in [5, 5.41) is 5.64. The molecule has 4 N–H and O–H groups in total. The molecule has 2 aromatic rings. The van der Waals surface area contributed by atoms with Crippen molar-refractivity contribution in [2.24, 2.45) is 5.41 Å². The standard InChI is InChI=1S/C19H26N6O3/c1-11-6-8-13(9-7-11)22-18-24-14(23-17(20)25-18)10-28-15(26)12(2)21-16(27)19(3,4)5/h6-9,12H,10H2,1-5H3,(H,21,27)(H3,20,22,23,24,25). The van der Waals surface area contributed by atoms with E-state index in [-0.39, 0.29) is 30.2 Å². The minimum absolute atomic E-state index is 0.00439. The molecule has 28 heavy (non-hydrogen) atoms. The highest BCUT2D eigenvalue weighted by molar-refractivity contribution is 5.87. The number of benzene rings is 1. The highest BCUT2D eigenvalue weighted by atomic mass is 16.5. The fourth-order valence-corrected chi connectivity index (χ4v) is 2.06. The quantitative estimate of drug-likeness (QED) is 0.643. The Bertz CT molecular complexity index is 846. The van der Waals surface area contributed by atoms with E-state index in [0.29, 0.717) is 0 Å². The van der Waals surface area contributed by atoms with Gasteiger partial charge in [-0.25, -0.2) is 4.79 Å². The molecular formula is C19H26N6O3. The average molecular weight is 386 g/mol. The molecule has 1 unspecified atom stereocenters. The molecule has 1 heterocycles. The Morgan fingerprint density at radius 3 is 2.39 bits per heavy atom. The van der Waals surface area contributed by atoms with E-state index in [1.165, 1.54) is 0 Å². The van der Waals surface area contributed by atoms with E-state index in [9.17, 15) is 9.59 Å². The summed E-state index contributed by atoms with van der Waals surface area (Å²) in [5.41, 5.74) is 7.03. The van der Waals surface area contributed by atoms with Crippen LogP contribution in [0.25, 0.3) is 0 Å². The number of amides is 1. The van der Waals surface area contributed by atoms with Gasteiger partial charge in [0.15, 0.2) is 12.4 Å². The van der Waals surface area contributed by atoms with Gasteiger partial charge in [-0.05, 0) is 26.0 Å². The number of carbonyl (C=O) groups excluding carboxylic acids is 2. The van der Waals surface area contributed by atoms with Crippen LogP contribution in [0, 0.1) is 12.3 Å². The molecule has 2 rings (SSSR count). The van der Waals surface area contributed by atoms with Crippen molar-refractivity contribution >= 4 is 29.5 Å². The number of nitrogens with two attached hydrogens (primary N) is 1. The molecule has 1 atom stereocenters. The van der Waals surface area contributed by atoms with Crippen LogP contribution in [0.4, 0.5) is 17.6 Å². The highest BCUT2D eigenvalue weighted by Crippen LogP contribution is 2.15. The maximum absolute atomic E-state index is 12.1. The number of ether oxygens (including phenoxy) is 1. The van der Waals surface area contributed by atoms with Crippen LogP contribution in [0.1, 0.15) is 39.1 Å². The summed E-state index contributed by atoms with van der Waals surface area (Å²) in [6.45, 7) is 8.63. The molecule has 0 fully saturated rings. The molecule has 0 saturated carbocycles. The van der Waals surface area contributed by atoms with Gasteiger partial charge in [0.25, 0.3) is 0 Å². The zero-order chi connectivity index (χ0) is 20.9. The zero-order valence-electron chi connectivity index (χ0n) is 16.7. The summed E-state index contributed by atoms with van der Waals surface area (Å²) in [4.78, 5) is 36.3. The van der Waals surface area contributed by atoms with Crippen molar-refractivity contribution in [3.63, 3.8) is 0 Å². The second-order valence-corrected chi connectivity index (χ2v) is 7.48. The lowest BCUT2D eigenvalue weighted by atomic mass is 9.95. The van der Waals surface area contributed by atoms with Crippen LogP contribution in [-0.2, 0) is 20.9 Å². The minimum atomic E-state index is -0.795. The number of nitrogens with zero attached hydrogens (tertiary/aromatic N) is 3. The summed E-state index contributed by atoms with van der Waals surface area (Å²) >= 11 is 0. The van der Waals surface area contributed by atoms with E-state index in [1.54, 1.807) is 27.7 Å². The van der Waals surface area contributed by atoms with Crippen molar-refractivity contribution in [1.82, 2.24) is 20.3 Å². The second kappa shape index (κ2) is 8.64. The van der Waals surface area contributed by atoms with Crippen molar-refractivity contribution < 1.29 is 14.3 Å². The molecule has 9 nitrogen and oxygen atoms in total. The first kappa shape index (κ1) is 21.1. The van der Waals surface area contributed by atoms with Gasteiger partial charge in [-0.2, -0.15) is 15.0 Å². The van der Waals surface area contributed by atoms with Gasteiger partial charge in [0.2, 0.25) is 17.8 Å². The van der Waals surface area contributed by atoms with Gasteiger partial charge in [0.05, 0.1) is 0 Å². The lowest BCUT2D eigenvalue weighted by molar-refractivity contribution is -0.149. The van der Waals surface area contributed by atoms with Crippen LogP contribution in [0.15, 0.2) is 24.3 Å². The van der Waals surface area contributed by atoms with Crippen molar-refractivity contribution in [3.8, 4) is 0 Å². The molecule has 1 aromatic heterocycles. The Labute approximate surface area is 164 Å². The number of rotatable bonds is 6. The molecule has 0 aliphatic rings. The first-order valence-corrected chi connectivity index (χ1v) is 8.86. The van der Waals surface area contributed by atoms with E-state index in [2.05, 4.69) is 25.6 Å². The summed E-state index contributed by atoms with van der Waals surface area (Å²) in [5.74, 6) is -0.387. The number of hydrogen-bond acceptors (Lipinski definition) is 8. The second-order valence-electron chi connectivity index (χ2n) is 7.48. The SMILES string of the molecule is Cc1ccc(Nc2nc(N)nc(COC(=O)C(C)NC(=O)C(C)(C)C)n2)cc1. The van der Waals surface area contributed by atoms with E-state index in [0.717, 1.165) is 11.3 Å². The lowest BCUT2D eigenvalue weighted by Crippen LogP contribution is -2.44. The third-order valence-corrected chi connectivity index (χ3v) is 3.73. The molecule has 0 aliphatic heterocycles. The molecule has 1 aromatic carbocycles. The number of nitrogens with one attached hydrogen (secondary N) is 2. The summed E-state index contributed by atoms with van der Waals surface area (Å²) in [6.07, 6.45) is 0. The Kier molecular flexibility index (Phi) is 6.50. The largest absolute Gasteiger partial charge is 0.456 e. The highest BCUT2D eigenvalue weighted by Gasteiger charge is 2.25. The van der Waals surface area contributed by atoms with Crippen LogP contribution < -0.4 is 16.4 Å². The molecule has 150 valence electrons. The molecule has 0 radical (unpaired) electrons. The number of aromatic nitrogens is 3. The fraction of sp³-hybridized carbons (Fsp3) is 0.421. The fourth-order valence-electron chi connectivity index (χ4n) is 2.06. The van der Waals surface area contributed by atoms with E-state index >= 15 is 0 Å².